The zero-order chi connectivity index (χ0) is 25.0. The van der Waals surface area contributed by atoms with Gasteiger partial charge in [0, 0.05) is 5.25 Å². The normalized spacial score (nSPS) is 15.7. The molecule has 0 amide bonds. The first-order chi connectivity index (χ1) is 15.8. The van der Waals surface area contributed by atoms with E-state index in [0.717, 1.165) is 37.9 Å². The molecule has 6 nitrogen and oxygen atoms in total. The van der Waals surface area contributed by atoms with Crippen molar-refractivity contribution in [3.8, 4) is 0 Å². The molecule has 0 aliphatic carbocycles. The summed E-state index contributed by atoms with van der Waals surface area (Å²) in [5, 5.41) is 20.0. The van der Waals surface area contributed by atoms with E-state index in [1.54, 1.807) is 18.7 Å². The van der Waals surface area contributed by atoms with E-state index >= 15 is 0 Å². The van der Waals surface area contributed by atoms with Crippen LogP contribution in [0.15, 0.2) is 0 Å². The molecular weight excluding hydrogens is 459 g/mol. The van der Waals surface area contributed by atoms with Crippen molar-refractivity contribution in [3.63, 3.8) is 0 Å². The van der Waals surface area contributed by atoms with Crippen LogP contribution in [-0.4, -0.2) is 45.4 Å². The molecule has 0 bridgehead atoms. The highest BCUT2D eigenvalue weighted by molar-refractivity contribution is 7.99. The fourth-order valence-electron chi connectivity index (χ4n) is 3.64. The van der Waals surface area contributed by atoms with Crippen LogP contribution in [0.3, 0.4) is 0 Å². The number of carboxylic acids is 1. The quantitative estimate of drug-likeness (QED) is 0.0776. The van der Waals surface area contributed by atoms with Crippen LogP contribution < -0.4 is 0 Å². The molecule has 4 atom stereocenters. The van der Waals surface area contributed by atoms with E-state index in [9.17, 15) is 19.6 Å². The molecule has 0 saturated heterocycles. The molecule has 0 aromatic heterocycles. The number of rotatable bonds is 24. The highest BCUT2D eigenvalue weighted by Crippen LogP contribution is 2.42. The van der Waals surface area contributed by atoms with Gasteiger partial charge in [0.05, 0.1) is 6.10 Å². The highest BCUT2D eigenvalue weighted by atomic mass is 32.2. The Kier molecular flexibility index (Phi) is 21.0. The average molecular weight is 510 g/mol. The van der Waals surface area contributed by atoms with E-state index in [4.69, 9.17) is 9.26 Å². The van der Waals surface area contributed by atoms with Gasteiger partial charge in [0.1, 0.15) is 6.61 Å². The number of thioether (sulfide) groups is 1. The number of ether oxygens (including phenoxy) is 1. The highest BCUT2D eigenvalue weighted by Gasteiger charge is 2.61. The van der Waals surface area contributed by atoms with E-state index < -0.39 is 25.6 Å². The minimum absolute atomic E-state index is 0.0376. The number of carboxylic acid groups (broad SMARTS) is 1. The molecule has 0 aromatic rings. The minimum atomic E-state index is -2.90. The first kappa shape index (κ1) is 32.8. The lowest BCUT2D eigenvalue weighted by Crippen LogP contribution is -2.43. The van der Waals surface area contributed by atoms with Gasteiger partial charge < -0.3 is 10.2 Å². The summed E-state index contributed by atoms with van der Waals surface area (Å²) in [4.78, 5) is 11.7. The summed E-state index contributed by atoms with van der Waals surface area (Å²) >= 11 is 1.77. The Balaban J connectivity index is 4.54. The van der Waals surface area contributed by atoms with Gasteiger partial charge in [-0.1, -0.05) is 97.8 Å². The van der Waals surface area contributed by atoms with E-state index in [1.807, 2.05) is 6.92 Å². The van der Waals surface area contributed by atoms with Gasteiger partial charge in [-0.15, -0.1) is 4.52 Å². The van der Waals surface area contributed by atoms with Crippen LogP contribution in [0.1, 0.15) is 124 Å². The van der Waals surface area contributed by atoms with E-state index in [-0.39, 0.29) is 11.9 Å². The molecule has 0 fully saturated rings. The summed E-state index contributed by atoms with van der Waals surface area (Å²) in [7, 11) is -2.90. The first-order valence-electron chi connectivity index (χ1n) is 13.2. The number of hydrogen-bond acceptors (Lipinski definition) is 6. The lowest BCUT2D eigenvalue weighted by atomic mass is 10.1. The maximum Gasteiger partial charge on any atom is 0.589 e. The largest absolute Gasteiger partial charge is 0.589 e. The molecule has 0 aromatic carbocycles. The smallest absolute Gasteiger partial charge is 0.474 e. The van der Waals surface area contributed by atoms with Gasteiger partial charge in [0.2, 0.25) is 0 Å². The Morgan fingerprint density at radius 1 is 0.879 bits per heavy atom. The lowest BCUT2D eigenvalue weighted by molar-refractivity contribution is -0.203. The van der Waals surface area contributed by atoms with Crippen molar-refractivity contribution in [1.29, 1.82) is 0 Å². The van der Waals surface area contributed by atoms with Crippen LogP contribution in [0.5, 0.6) is 0 Å². The Labute approximate surface area is 207 Å². The Hall–Kier alpha value is -0.200. The van der Waals surface area contributed by atoms with Gasteiger partial charge in [-0.3, -0.25) is 4.74 Å². The summed E-state index contributed by atoms with van der Waals surface area (Å²) in [6, 6.07) is 0. The number of unbranched alkanes of at least 4 members (excludes halogenated alkanes) is 11. The molecule has 0 rings (SSSR count). The molecular formula is C25H50O6PS+. The van der Waals surface area contributed by atoms with Crippen molar-refractivity contribution in [1.82, 2.24) is 0 Å². The zero-order valence-electron chi connectivity index (χ0n) is 21.6. The topological polar surface area (TPSA) is 93.1 Å². The summed E-state index contributed by atoms with van der Waals surface area (Å²) in [6.45, 7) is 8.08. The molecule has 0 radical (unpaired) electrons. The average Bonchev–Trinajstić information content (AvgIpc) is 2.79. The predicted octanol–water partition coefficient (Wildman–Crippen LogP) is 7.89. The van der Waals surface area contributed by atoms with Crippen molar-refractivity contribution in [2.45, 2.75) is 141 Å². The second-order valence-corrected chi connectivity index (χ2v) is 11.6. The van der Waals surface area contributed by atoms with Crippen molar-refractivity contribution >= 4 is 25.8 Å². The Morgan fingerprint density at radius 3 is 1.91 bits per heavy atom. The molecule has 0 saturated carbocycles. The summed E-state index contributed by atoms with van der Waals surface area (Å²) in [6.07, 6.45) is 17.0. The molecule has 4 unspecified atom stereocenters. The summed E-state index contributed by atoms with van der Waals surface area (Å²) < 4.78 is 22.9. The Morgan fingerprint density at radius 2 is 1.39 bits per heavy atom. The lowest BCUT2D eigenvalue weighted by Gasteiger charge is -2.26. The number of aliphatic hydroxyl groups is 1. The van der Waals surface area contributed by atoms with Gasteiger partial charge in [-0.2, -0.15) is 11.8 Å². The number of hydrogen-bond donors (Lipinski definition) is 2. The third kappa shape index (κ3) is 15.4. The Bertz CT molecular complexity index is 507. The summed E-state index contributed by atoms with van der Waals surface area (Å²) in [5.74, 6) is -0.691. The van der Waals surface area contributed by atoms with Crippen molar-refractivity contribution in [3.05, 3.63) is 0 Å². The van der Waals surface area contributed by atoms with Crippen molar-refractivity contribution < 1.29 is 28.8 Å². The monoisotopic (exact) mass is 509 g/mol. The summed E-state index contributed by atoms with van der Waals surface area (Å²) in [5.41, 5.74) is -2.81. The van der Waals surface area contributed by atoms with Gasteiger partial charge in [0.15, 0.2) is 0 Å². The van der Waals surface area contributed by atoms with Gasteiger partial charge >= 0.3 is 19.5 Å². The van der Waals surface area contributed by atoms with E-state index in [2.05, 4.69) is 13.8 Å². The van der Waals surface area contributed by atoms with Crippen LogP contribution in [0.2, 0.25) is 0 Å². The van der Waals surface area contributed by atoms with E-state index in [1.165, 1.54) is 57.8 Å². The maximum absolute atomic E-state index is 12.3. The standard InChI is InChI=1S/C25H49O6PS/c1-5-8-10-11-12-13-14-15-16-18-21-33-23(19-17-9-6-2)22(4)31-25(28,24(26)27)32(29)30-20-7-3/h22-23,28H,5-21H2,1-4H3/p+1. The molecule has 2 N–H and O–H groups in total. The third-order valence-electron chi connectivity index (χ3n) is 5.73. The third-order valence-corrected chi connectivity index (χ3v) is 8.51. The van der Waals surface area contributed by atoms with Crippen molar-refractivity contribution in [2.75, 3.05) is 12.4 Å². The molecule has 33 heavy (non-hydrogen) atoms. The van der Waals surface area contributed by atoms with Crippen LogP contribution in [-0.2, 0) is 18.6 Å². The van der Waals surface area contributed by atoms with Crippen LogP contribution in [0, 0.1) is 0 Å². The number of carbonyl (C=O) groups is 1. The second-order valence-electron chi connectivity index (χ2n) is 8.91. The van der Waals surface area contributed by atoms with Crippen LogP contribution in [0.4, 0.5) is 0 Å². The zero-order valence-corrected chi connectivity index (χ0v) is 23.3. The SMILES string of the molecule is CCCCCCCCCCCCSC(CCCCC)C(C)OC(O)(C(=O)O)[P+](=O)OCCC. The van der Waals surface area contributed by atoms with Gasteiger partial charge in [0.25, 0.3) is 0 Å². The molecule has 8 heteroatoms. The molecule has 196 valence electrons. The van der Waals surface area contributed by atoms with Gasteiger partial charge in [-0.05, 0) is 36.5 Å². The maximum atomic E-state index is 12.3. The fourth-order valence-corrected chi connectivity index (χ4v) is 5.91. The molecule has 0 heterocycles. The van der Waals surface area contributed by atoms with Gasteiger partial charge in [-0.25, -0.2) is 4.79 Å². The minimum Gasteiger partial charge on any atom is -0.474 e. The molecule has 0 spiro atoms. The predicted molar refractivity (Wildman–Crippen MR) is 139 cm³/mol. The second kappa shape index (κ2) is 21.1. The first-order valence-corrected chi connectivity index (χ1v) is 15.4. The number of aliphatic carboxylic acids is 1. The van der Waals surface area contributed by atoms with Crippen LogP contribution >= 0.6 is 19.8 Å². The van der Waals surface area contributed by atoms with Crippen LogP contribution in [0.25, 0.3) is 0 Å². The van der Waals surface area contributed by atoms with E-state index in [0.29, 0.717) is 6.42 Å². The fraction of sp³-hybridized carbons (Fsp3) is 0.960. The molecule has 0 aliphatic rings. The van der Waals surface area contributed by atoms with Crippen molar-refractivity contribution in [2.24, 2.45) is 0 Å². The molecule has 0 aliphatic heterocycles.